The van der Waals surface area contributed by atoms with Crippen LogP contribution in [0.4, 0.5) is 0 Å². The van der Waals surface area contributed by atoms with Gasteiger partial charge in [0.2, 0.25) is 0 Å². The predicted molar refractivity (Wildman–Crippen MR) is 147 cm³/mol. The van der Waals surface area contributed by atoms with Gasteiger partial charge in [-0.3, -0.25) is 9.59 Å². The minimum Gasteiger partial charge on any atom is -0.490 e. The molecule has 0 spiro atoms. The second-order valence-corrected chi connectivity index (χ2v) is 12.3. The fourth-order valence-corrected chi connectivity index (χ4v) is 7.25. The molecule has 0 bridgehead atoms. The van der Waals surface area contributed by atoms with Crippen molar-refractivity contribution in [2.24, 2.45) is 0 Å². The third-order valence-corrected chi connectivity index (χ3v) is 9.24. The quantitative estimate of drug-likeness (QED) is 0.378. The van der Waals surface area contributed by atoms with E-state index < -0.39 is 16.0 Å². The average Bonchev–Trinajstić information content (AvgIpc) is 2.87. The summed E-state index contributed by atoms with van der Waals surface area (Å²) in [5.41, 5.74) is 4.87. The lowest BCUT2D eigenvalue weighted by atomic mass is 9.71. The van der Waals surface area contributed by atoms with E-state index in [-0.39, 0.29) is 34.6 Å². The Hall–Kier alpha value is -2.91. The first-order valence-electron chi connectivity index (χ1n) is 12.9. The molecule has 5 rings (SSSR count). The highest BCUT2D eigenvalue weighted by molar-refractivity contribution is 9.10. The maximum Gasteiger partial charge on any atom is 0.339 e. The highest BCUT2D eigenvalue weighted by Crippen LogP contribution is 2.51. The molecule has 1 aliphatic heterocycles. The van der Waals surface area contributed by atoms with Gasteiger partial charge in [0.05, 0.1) is 11.1 Å². The van der Waals surface area contributed by atoms with E-state index in [1.54, 1.807) is 31.2 Å². The van der Waals surface area contributed by atoms with Crippen molar-refractivity contribution in [3.8, 4) is 11.5 Å². The number of ether oxygens (including phenoxy) is 1. The molecule has 0 saturated heterocycles. The van der Waals surface area contributed by atoms with Gasteiger partial charge >= 0.3 is 10.1 Å². The summed E-state index contributed by atoms with van der Waals surface area (Å²) in [6.45, 7) is 3.94. The maximum atomic E-state index is 13.3. The molecule has 0 fully saturated rings. The van der Waals surface area contributed by atoms with Crippen molar-refractivity contribution in [2.75, 3.05) is 13.7 Å². The lowest BCUT2D eigenvalue weighted by molar-refractivity contribution is -0.117. The molecule has 2 aromatic carbocycles. The number of hydrogen-bond donors (Lipinski definition) is 0. The molecule has 38 heavy (non-hydrogen) atoms. The van der Waals surface area contributed by atoms with Gasteiger partial charge in [-0.15, -0.1) is 0 Å². The van der Waals surface area contributed by atoms with Gasteiger partial charge in [0.15, 0.2) is 23.1 Å². The fraction of sp³-hybridized carbons (Fsp3) is 0.379. The van der Waals surface area contributed by atoms with Crippen LogP contribution in [0.15, 0.2) is 68.3 Å². The number of nitrogens with zero attached hydrogens (tertiary/aromatic N) is 1. The number of rotatable bonds is 6. The van der Waals surface area contributed by atoms with E-state index >= 15 is 0 Å². The summed E-state index contributed by atoms with van der Waals surface area (Å²) in [6.07, 6.45) is 3.99. The lowest BCUT2D eigenvalue weighted by Crippen LogP contribution is -2.37. The maximum absolute atomic E-state index is 13.3. The van der Waals surface area contributed by atoms with Gasteiger partial charge < -0.3 is 13.8 Å². The summed E-state index contributed by atoms with van der Waals surface area (Å²) in [4.78, 5) is 28.7. The van der Waals surface area contributed by atoms with Gasteiger partial charge in [0, 0.05) is 48.3 Å². The van der Waals surface area contributed by atoms with Crippen LogP contribution in [0.5, 0.6) is 11.5 Å². The number of benzene rings is 2. The van der Waals surface area contributed by atoms with E-state index in [9.17, 15) is 18.0 Å². The van der Waals surface area contributed by atoms with E-state index in [0.717, 1.165) is 42.6 Å². The largest absolute Gasteiger partial charge is 0.490 e. The molecule has 200 valence electrons. The van der Waals surface area contributed by atoms with Crippen LogP contribution in [0.1, 0.15) is 62.5 Å². The number of carbonyl (C=O) groups is 2. The molecule has 0 aromatic heterocycles. The Kier molecular flexibility index (Phi) is 7.26. The molecule has 0 atom stereocenters. The molecule has 0 radical (unpaired) electrons. The van der Waals surface area contributed by atoms with Crippen LogP contribution in [0.2, 0.25) is 0 Å². The van der Waals surface area contributed by atoms with Crippen molar-refractivity contribution in [1.29, 1.82) is 0 Å². The van der Waals surface area contributed by atoms with Crippen molar-refractivity contribution < 1.29 is 26.9 Å². The first-order chi connectivity index (χ1) is 18.1. The Morgan fingerprint density at radius 2 is 1.53 bits per heavy atom. The van der Waals surface area contributed by atoms with Gasteiger partial charge in [-0.05, 0) is 85.3 Å². The SMILES string of the molecule is CCOc1cc(C2C3=C(CCCC3=O)N(C)C3=C2C(=O)CCC3)cc(Br)c1OS(=O)(=O)c1ccc(C)cc1. The summed E-state index contributed by atoms with van der Waals surface area (Å²) in [5.74, 6) is -0.191. The van der Waals surface area contributed by atoms with Gasteiger partial charge in [0.25, 0.3) is 0 Å². The first-order valence-corrected chi connectivity index (χ1v) is 15.1. The van der Waals surface area contributed by atoms with E-state index in [2.05, 4.69) is 20.8 Å². The van der Waals surface area contributed by atoms with Crippen LogP contribution in [-0.4, -0.2) is 38.5 Å². The number of carbonyl (C=O) groups excluding carboxylic acids is 2. The summed E-state index contributed by atoms with van der Waals surface area (Å²) >= 11 is 3.51. The lowest BCUT2D eigenvalue weighted by Gasteiger charge is -2.42. The predicted octanol–water partition coefficient (Wildman–Crippen LogP) is 5.97. The molecule has 0 saturated carbocycles. The molecule has 3 aliphatic rings. The zero-order valence-electron chi connectivity index (χ0n) is 21.7. The average molecular weight is 601 g/mol. The highest BCUT2D eigenvalue weighted by atomic mass is 79.9. The Balaban J connectivity index is 1.64. The topological polar surface area (TPSA) is 90.0 Å². The van der Waals surface area contributed by atoms with E-state index in [0.29, 0.717) is 34.0 Å². The van der Waals surface area contributed by atoms with Crippen LogP contribution >= 0.6 is 15.9 Å². The van der Waals surface area contributed by atoms with E-state index in [1.165, 1.54) is 12.1 Å². The van der Waals surface area contributed by atoms with Crippen LogP contribution in [0, 0.1) is 6.92 Å². The van der Waals surface area contributed by atoms with Crippen LogP contribution < -0.4 is 8.92 Å². The summed E-state index contributed by atoms with van der Waals surface area (Å²) in [6, 6.07) is 9.86. The number of ketones is 2. The Morgan fingerprint density at radius 3 is 2.08 bits per heavy atom. The van der Waals surface area contributed by atoms with Crippen molar-refractivity contribution in [3.63, 3.8) is 0 Å². The summed E-state index contributed by atoms with van der Waals surface area (Å²) < 4.78 is 38.0. The molecule has 0 unspecified atom stereocenters. The number of allylic oxidation sites excluding steroid dienone is 4. The Bertz CT molecular complexity index is 1450. The molecule has 2 aliphatic carbocycles. The molecular formula is C29H30BrNO6S. The van der Waals surface area contributed by atoms with Gasteiger partial charge in [-0.1, -0.05) is 17.7 Å². The Labute approximate surface area is 231 Å². The number of halogens is 1. The van der Waals surface area contributed by atoms with Crippen molar-refractivity contribution in [2.45, 2.75) is 63.2 Å². The summed E-state index contributed by atoms with van der Waals surface area (Å²) in [7, 11) is -2.19. The molecule has 0 amide bonds. The molecule has 0 N–H and O–H groups in total. The van der Waals surface area contributed by atoms with Gasteiger partial charge in [-0.2, -0.15) is 8.42 Å². The number of hydrogen-bond acceptors (Lipinski definition) is 7. The third-order valence-electron chi connectivity index (χ3n) is 7.41. The minimum absolute atomic E-state index is 0.0254. The van der Waals surface area contributed by atoms with Crippen molar-refractivity contribution >= 4 is 37.6 Å². The molecule has 7 nitrogen and oxygen atoms in total. The van der Waals surface area contributed by atoms with E-state index in [4.69, 9.17) is 8.92 Å². The van der Waals surface area contributed by atoms with Crippen molar-refractivity contribution in [3.05, 3.63) is 74.5 Å². The Morgan fingerprint density at radius 1 is 0.947 bits per heavy atom. The fourth-order valence-electron chi connectivity index (χ4n) is 5.65. The van der Waals surface area contributed by atoms with Gasteiger partial charge in [-0.25, -0.2) is 0 Å². The zero-order valence-corrected chi connectivity index (χ0v) is 24.1. The smallest absolute Gasteiger partial charge is 0.339 e. The second-order valence-electron chi connectivity index (χ2n) is 9.88. The van der Waals surface area contributed by atoms with Crippen molar-refractivity contribution in [1.82, 2.24) is 4.90 Å². The molecular weight excluding hydrogens is 570 g/mol. The number of Topliss-reactive ketones (excluding diaryl/α,β-unsaturated/α-hetero) is 2. The molecule has 9 heteroatoms. The zero-order chi connectivity index (χ0) is 27.2. The molecule has 2 aromatic rings. The second kappa shape index (κ2) is 10.3. The molecule has 1 heterocycles. The first kappa shape index (κ1) is 26.7. The van der Waals surface area contributed by atoms with Gasteiger partial charge in [0.1, 0.15) is 4.90 Å². The standard InChI is InChI=1S/C29H30BrNO6S/c1-4-36-25-16-18(15-20(30)29(25)37-38(34,35)19-13-11-17(2)12-14-19)26-27-21(7-5-9-23(27)32)31(3)22-8-6-10-24(33)28(22)26/h11-16,26H,4-10H2,1-3H3. The summed E-state index contributed by atoms with van der Waals surface area (Å²) in [5, 5.41) is 0. The third kappa shape index (κ3) is 4.71. The van der Waals surface area contributed by atoms with Crippen LogP contribution in [0.3, 0.4) is 0 Å². The minimum atomic E-state index is -4.14. The highest BCUT2D eigenvalue weighted by Gasteiger charge is 2.42. The van der Waals surface area contributed by atoms with Crippen LogP contribution in [-0.2, 0) is 19.7 Å². The van der Waals surface area contributed by atoms with E-state index in [1.807, 2.05) is 14.0 Å². The monoisotopic (exact) mass is 599 g/mol. The number of aryl methyl sites for hydroxylation is 1. The van der Waals surface area contributed by atoms with Crippen LogP contribution in [0.25, 0.3) is 0 Å². The normalized spacial score (nSPS) is 18.5.